The molecule has 0 saturated heterocycles. The van der Waals surface area contributed by atoms with Crippen molar-refractivity contribution in [2.24, 2.45) is 11.8 Å². The van der Waals surface area contributed by atoms with Crippen LogP contribution in [0.1, 0.15) is 63.4 Å². The lowest BCUT2D eigenvalue weighted by Crippen LogP contribution is -2.35. The van der Waals surface area contributed by atoms with Gasteiger partial charge >= 0.3 is 0 Å². The molecule has 0 N–H and O–H groups in total. The molecular formula is C19H31NO. The van der Waals surface area contributed by atoms with E-state index in [-0.39, 0.29) is 5.78 Å². The average molecular weight is 289 g/mol. The van der Waals surface area contributed by atoms with Gasteiger partial charge in [0.25, 0.3) is 0 Å². The van der Waals surface area contributed by atoms with E-state index in [0.717, 1.165) is 18.7 Å². The molecule has 0 spiro atoms. The maximum atomic E-state index is 12.5. The van der Waals surface area contributed by atoms with Gasteiger partial charge in [0.2, 0.25) is 0 Å². The Hall–Kier alpha value is -1.15. The van der Waals surface area contributed by atoms with Crippen LogP contribution >= 0.6 is 0 Å². The highest BCUT2D eigenvalue weighted by molar-refractivity contribution is 5.97. The highest BCUT2D eigenvalue weighted by atomic mass is 16.1. The molecule has 0 fully saturated rings. The summed E-state index contributed by atoms with van der Waals surface area (Å²) < 4.78 is 0. The van der Waals surface area contributed by atoms with Gasteiger partial charge in [0.1, 0.15) is 0 Å². The van der Waals surface area contributed by atoms with E-state index >= 15 is 0 Å². The molecule has 1 aromatic carbocycles. The van der Waals surface area contributed by atoms with Crippen LogP contribution in [0.2, 0.25) is 0 Å². The van der Waals surface area contributed by atoms with Crippen LogP contribution in [0.4, 0.5) is 0 Å². The molecule has 0 aliphatic heterocycles. The zero-order valence-corrected chi connectivity index (χ0v) is 14.5. The quantitative estimate of drug-likeness (QED) is 0.652. The first kappa shape index (κ1) is 17.9. The Balaban J connectivity index is 2.71. The molecule has 0 radical (unpaired) electrons. The monoisotopic (exact) mass is 289 g/mol. The van der Waals surface area contributed by atoms with Crippen LogP contribution in [0.3, 0.4) is 0 Å². The van der Waals surface area contributed by atoms with Gasteiger partial charge < -0.3 is 0 Å². The van der Waals surface area contributed by atoms with Crippen molar-refractivity contribution in [1.82, 2.24) is 4.90 Å². The van der Waals surface area contributed by atoms with Crippen LogP contribution in [-0.2, 0) is 0 Å². The summed E-state index contributed by atoms with van der Waals surface area (Å²) in [6.07, 6.45) is 0. The summed E-state index contributed by atoms with van der Waals surface area (Å²) in [5, 5.41) is 0. The third-order valence-electron chi connectivity index (χ3n) is 3.51. The first-order valence-electron chi connectivity index (χ1n) is 8.15. The molecule has 1 aromatic rings. The molecule has 0 unspecified atom stereocenters. The maximum Gasteiger partial charge on any atom is 0.176 e. The number of hydrogen-bond acceptors (Lipinski definition) is 2. The van der Waals surface area contributed by atoms with Gasteiger partial charge in [-0.2, -0.15) is 0 Å². The second-order valence-corrected chi connectivity index (χ2v) is 7.18. The number of Topliss-reactive ketones (excluding diaryl/α,β-unsaturated/α-hetero) is 1. The van der Waals surface area contributed by atoms with E-state index in [1.165, 1.54) is 5.56 Å². The number of nitrogens with zero attached hydrogens (tertiary/aromatic N) is 1. The Morgan fingerprint density at radius 3 is 1.76 bits per heavy atom. The smallest absolute Gasteiger partial charge is 0.176 e. The molecule has 0 heterocycles. The third kappa shape index (κ3) is 6.43. The Kier molecular flexibility index (Phi) is 7.10. The second-order valence-electron chi connectivity index (χ2n) is 7.18. The summed E-state index contributed by atoms with van der Waals surface area (Å²) in [7, 11) is 0. The minimum atomic E-state index is 0.228. The summed E-state index contributed by atoms with van der Waals surface area (Å²) in [6, 6.07) is 8.10. The fourth-order valence-corrected chi connectivity index (χ4v) is 2.58. The van der Waals surface area contributed by atoms with Gasteiger partial charge in [0, 0.05) is 18.7 Å². The zero-order valence-electron chi connectivity index (χ0n) is 14.5. The summed E-state index contributed by atoms with van der Waals surface area (Å²) in [4.78, 5) is 14.7. The van der Waals surface area contributed by atoms with Crippen molar-refractivity contribution < 1.29 is 4.79 Å². The van der Waals surface area contributed by atoms with E-state index in [1.54, 1.807) is 0 Å². The van der Waals surface area contributed by atoms with Crippen molar-refractivity contribution in [3.05, 3.63) is 35.4 Å². The number of benzene rings is 1. The second kappa shape index (κ2) is 8.33. The third-order valence-corrected chi connectivity index (χ3v) is 3.51. The standard InChI is InChI=1S/C19H31NO/c1-14(2)11-20(12-15(3)4)13-19(21)18-9-7-17(8-10-18)16(5)6/h7-10,14-16H,11-13H2,1-6H3. The summed E-state index contributed by atoms with van der Waals surface area (Å²) in [6.45, 7) is 15.6. The van der Waals surface area contributed by atoms with E-state index in [4.69, 9.17) is 0 Å². The lowest BCUT2D eigenvalue weighted by molar-refractivity contribution is 0.0912. The molecule has 0 aliphatic carbocycles. The van der Waals surface area contributed by atoms with E-state index in [9.17, 15) is 4.79 Å². The molecule has 21 heavy (non-hydrogen) atoms. The fourth-order valence-electron chi connectivity index (χ4n) is 2.58. The molecule has 0 bridgehead atoms. The Morgan fingerprint density at radius 2 is 1.38 bits per heavy atom. The molecule has 0 atom stereocenters. The lowest BCUT2D eigenvalue weighted by atomic mass is 10.00. The molecule has 118 valence electrons. The minimum absolute atomic E-state index is 0.228. The van der Waals surface area contributed by atoms with Crippen molar-refractivity contribution in [2.45, 2.75) is 47.5 Å². The number of carbonyl (C=O) groups is 1. The highest BCUT2D eigenvalue weighted by Crippen LogP contribution is 2.15. The highest BCUT2D eigenvalue weighted by Gasteiger charge is 2.15. The van der Waals surface area contributed by atoms with Gasteiger partial charge in [0.15, 0.2) is 5.78 Å². The SMILES string of the molecule is CC(C)CN(CC(=O)c1ccc(C(C)C)cc1)CC(C)C. The van der Waals surface area contributed by atoms with Gasteiger partial charge in [-0.25, -0.2) is 0 Å². The van der Waals surface area contributed by atoms with Gasteiger partial charge in [-0.05, 0) is 23.3 Å². The normalized spacial score (nSPS) is 11.9. The molecule has 0 aliphatic rings. The van der Waals surface area contributed by atoms with Gasteiger partial charge in [0.05, 0.1) is 6.54 Å². The zero-order chi connectivity index (χ0) is 16.0. The lowest BCUT2D eigenvalue weighted by Gasteiger charge is -2.25. The van der Waals surface area contributed by atoms with Gasteiger partial charge in [-0.15, -0.1) is 0 Å². The van der Waals surface area contributed by atoms with Crippen LogP contribution < -0.4 is 0 Å². The summed E-state index contributed by atoms with van der Waals surface area (Å²) in [5.41, 5.74) is 2.12. The van der Waals surface area contributed by atoms with Crippen molar-refractivity contribution in [1.29, 1.82) is 0 Å². The minimum Gasteiger partial charge on any atom is -0.295 e. The molecule has 2 nitrogen and oxygen atoms in total. The molecular weight excluding hydrogens is 258 g/mol. The molecule has 0 amide bonds. The van der Waals surface area contributed by atoms with E-state index in [0.29, 0.717) is 24.3 Å². The number of ketones is 1. The largest absolute Gasteiger partial charge is 0.295 e. The van der Waals surface area contributed by atoms with E-state index in [1.807, 2.05) is 12.1 Å². The summed E-state index contributed by atoms with van der Waals surface area (Å²) >= 11 is 0. The molecule has 1 rings (SSSR count). The van der Waals surface area contributed by atoms with Crippen molar-refractivity contribution in [3.8, 4) is 0 Å². The number of carbonyl (C=O) groups excluding carboxylic acids is 1. The summed E-state index contributed by atoms with van der Waals surface area (Å²) in [5.74, 6) is 1.90. The topological polar surface area (TPSA) is 20.3 Å². The van der Waals surface area contributed by atoms with Gasteiger partial charge in [-0.3, -0.25) is 9.69 Å². The Labute approximate surface area is 130 Å². The Morgan fingerprint density at radius 1 is 0.905 bits per heavy atom. The van der Waals surface area contributed by atoms with Crippen LogP contribution in [0, 0.1) is 11.8 Å². The van der Waals surface area contributed by atoms with Crippen LogP contribution in [-0.4, -0.2) is 30.3 Å². The van der Waals surface area contributed by atoms with Crippen molar-refractivity contribution >= 4 is 5.78 Å². The van der Waals surface area contributed by atoms with E-state index in [2.05, 4.69) is 58.6 Å². The average Bonchev–Trinajstić information content (AvgIpc) is 2.37. The molecule has 2 heteroatoms. The van der Waals surface area contributed by atoms with Crippen molar-refractivity contribution in [2.75, 3.05) is 19.6 Å². The first-order chi connectivity index (χ1) is 9.79. The van der Waals surface area contributed by atoms with E-state index < -0.39 is 0 Å². The number of rotatable bonds is 8. The first-order valence-corrected chi connectivity index (χ1v) is 8.15. The van der Waals surface area contributed by atoms with Gasteiger partial charge in [-0.1, -0.05) is 65.8 Å². The molecule has 0 aromatic heterocycles. The van der Waals surface area contributed by atoms with Crippen LogP contribution in [0.15, 0.2) is 24.3 Å². The fraction of sp³-hybridized carbons (Fsp3) is 0.632. The molecule has 0 saturated carbocycles. The predicted octanol–water partition coefficient (Wildman–Crippen LogP) is 4.61. The Bertz CT molecular complexity index is 421. The predicted molar refractivity (Wildman–Crippen MR) is 91.0 cm³/mol. The van der Waals surface area contributed by atoms with Crippen molar-refractivity contribution in [3.63, 3.8) is 0 Å². The van der Waals surface area contributed by atoms with Crippen LogP contribution in [0.25, 0.3) is 0 Å². The maximum absolute atomic E-state index is 12.5. The van der Waals surface area contributed by atoms with Crippen LogP contribution in [0.5, 0.6) is 0 Å². The number of hydrogen-bond donors (Lipinski definition) is 0.